The van der Waals surface area contributed by atoms with Crippen LogP contribution >= 0.6 is 11.3 Å². The van der Waals surface area contributed by atoms with E-state index in [1.54, 1.807) is 24.6 Å². The van der Waals surface area contributed by atoms with Crippen molar-refractivity contribution in [3.63, 3.8) is 0 Å². The largest absolute Gasteiger partial charge is 0.368 e. The van der Waals surface area contributed by atoms with E-state index in [4.69, 9.17) is 0 Å². The zero-order valence-corrected chi connectivity index (χ0v) is 16.2. The van der Waals surface area contributed by atoms with E-state index in [1.165, 1.54) is 11.1 Å². The van der Waals surface area contributed by atoms with E-state index in [-0.39, 0.29) is 5.91 Å². The van der Waals surface area contributed by atoms with Crippen LogP contribution in [0.2, 0.25) is 0 Å². The first-order valence-corrected chi connectivity index (χ1v) is 10.1. The zero-order valence-electron chi connectivity index (χ0n) is 15.4. The zero-order chi connectivity index (χ0) is 18.6. The van der Waals surface area contributed by atoms with Gasteiger partial charge < -0.3 is 10.2 Å². The molecular weight excluding hydrogens is 358 g/mol. The molecule has 0 saturated carbocycles. The van der Waals surface area contributed by atoms with Crippen molar-refractivity contribution in [2.45, 2.75) is 6.92 Å². The molecule has 1 N–H and O–H groups in total. The lowest BCUT2D eigenvalue weighted by molar-refractivity contribution is -0.130. The third-order valence-corrected chi connectivity index (χ3v) is 5.88. The molecule has 0 atom stereocenters. The third-order valence-electron chi connectivity index (χ3n) is 4.99. The maximum Gasteiger partial charge on any atom is 0.219 e. The summed E-state index contributed by atoms with van der Waals surface area (Å²) in [6.45, 7) is 6.87. The first kappa shape index (κ1) is 17.9. The molecule has 1 amide bonds. The summed E-state index contributed by atoms with van der Waals surface area (Å²) in [6.07, 6.45) is 1.63. The van der Waals surface area contributed by atoms with Gasteiger partial charge in [-0.1, -0.05) is 30.3 Å². The number of aromatic nitrogens is 2. The van der Waals surface area contributed by atoms with Crippen molar-refractivity contribution in [1.29, 1.82) is 0 Å². The molecule has 140 valence electrons. The summed E-state index contributed by atoms with van der Waals surface area (Å²) in [5, 5.41) is 6.74. The Morgan fingerprint density at radius 1 is 1.15 bits per heavy atom. The summed E-state index contributed by atoms with van der Waals surface area (Å²) in [4.78, 5) is 25.7. The van der Waals surface area contributed by atoms with Gasteiger partial charge >= 0.3 is 0 Å². The standard InChI is InChI=1S/C20H23N5OS/c1-15(26)25-11-9-24(10-12-25)8-7-21-19-18-17(16-5-3-2-4-6-16)13-27-20(18)23-14-22-19/h2-6,13-14H,7-12H2,1H3,(H,21,22,23). The molecule has 0 unspecified atom stereocenters. The van der Waals surface area contributed by atoms with E-state index in [0.29, 0.717) is 0 Å². The number of hydrogen-bond donors (Lipinski definition) is 1. The Balaban J connectivity index is 1.44. The van der Waals surface area contributed by atoms with Crippen LogP contribution in [0.25, 0.3) is 21.3 Å². The van der Waals surface area contributed by atoms with Gasteiger partial charge in [0, 0.05) is 57.1 Å². The number of fused-ring (bicyclic) bond motifs is 1. The smallest absolute Gasteiger partial charge is 0.219 e. The molecule has 0 spiro atoms. The molecule has 1 aliphatic heterocycles. The fraction of sp³-hybridized carbons (Fsp3) is 0.350. The average Bonchev–Trinajstić information content (AvgIpc) is 3.14. The molecule has 4 rings (SSSR count). The van der Waals surface area contributed by atoms with Crippen molar-refractivity contribution in [3.05, 3.63) is 42.0 Å². The minimum Gasteiger partial charge on any atom is -0.368 e. The van der Waals surface area contributed by atoms with Crippen LogP contribution < -0.4 is 5.32 Å². The van der Waals surface area contributed by atoms with Gasteiger partial charge in [0.1, 0.15) is 17.0 Å². The predicted molar refractivity (Wildman–Crippen MR) is 110 cm³/mol. The molecule has 6 nitrogen and oxygen atoms in total. The minimum absolute atomic E-state index is 0.169. The summed E-state index contributed by atoms with van der Waals surface area (Å²) >= 11 is 1.65. The Bertz CT molecular complexity index is 919. The monoisotopic (exact) mass is 381 g/mol. The van der Waals surface area contributed by atoms with Crippen molar-refractivity contribution in [1.82, 2.24) is 19.8 Å². The van der Waals surface area contributed by atoms with Crippen molar-refractivity contribution in [3.8, 4) is 11.1 Å². The van der Waals surface area contributed by atoms with Crippen LogP contribution in [0.3, 0.4) is 0 Å². The molecule has 27 heavy (non-hydrogen) atoms. The second-order valence-electron chi connectivity index (χ2n) is 6.69. The van der Waals surface area contributed by atoms with Crippen LogP contribution in [-0.2, 0) is 4.79 Å². The Morgan fingerprint density at radius 2 is 1.93 bits per heavy atom. The van der Waals surface area contributed by atoms with Gasteiger partial charge in [-0.05, 0) is 5.56 Å². The van der Waals surface area contributed by atoms with Gasteiger partial charge in [-0.2, -0.15) is 0 Å². The molecule has 0 aliphatic carbocycles. The van der Waals surface area contributed by atoms with Crippen LogP contribution in [0, 0.1) is 0 Å². The lowest BCUT2D eigenvalue weighted by Crippen LogP contribution is -2.49. The number of carbonyl (C=O) groups is 1. The predicted octanol–water partition coefficient (Wildman–Crippen LogP) is 2.93. The molecule has 0 bridgehead atoms. The Hall–Kier alpha value is -2.51. The highest BCUT2D eigenvalue weighted by Gasteiger charge is 2.18. The van der Waals surface area contributed by atoms with Crippen LogP contribution in [0.1, 0.15) is 6.92 Å². The number of benzene rings is 1. The first-order valence-electron chi connectivity index (χ1n) is 9.22. The van der Waals surface area contributed by atoms with E-state index in [1.807, 2.05) is 11.0 Å². The number of thiophene rings is 1. The molecule has 2 aromatic heterocycles. The highest BCUT2D eigenvalue weighted by atomic mass is 32.1. The average molecular weight is 382 g/mol. The molecule has 1 aliphatic rings. The van der Waals surface area contributed by atoms with Gasteiger partial charge in [0.15, 0.2) is 0 Å². The number of anilines is 1. The second kappa shape index (κ2) is 8.02. The van der Waals surface area contributed by atoms with Crippen LogP contribution in [-0.4, -0.2) is 64.9 Å². The summed E-state index contributed by atoms with van der Waals surface area (Å²) in [5.74, 6) is 1.06. The summed E-state index contributed by atoms with van der Waals surface area (Å²) in [5.41, 5.74) is 2.36. The normalized spacial score (nSPS) is 15.2. The topological polar surface area (TPSA) is 61.4 Å². The van der Waals surface area contributed by atoms with Crippen LogP contribution in [0.4, 0.5) is 5.82 Å². The van der Waals surface area contributed by atoms with E-state index in [2.05, 4.69) is 49.8 Å². The minimum atomic E-state index is 0.169. The number of rotatable bonds is 5. The van der Waals surface area contributed by atoms with Gasteiger partial charge in [-0.3, -0.25) is 9.69 Å². The summed E-state index contributed by atoms with van der Waals surface area (Å²) < 4.78 is 0. The molecule has 1 aromatic carbocycles. The third kappa shape index (κ3) is 3.94. The van der Waals surface area contributed by atoms with Gasteiger partial charge in [-0.25, -0.2) is 9.97 Å². The van der Waals surface area contributed by atoms with Crippen molar-refractivity contribution < 1.29 is 4.79 Å². The SMILES string of the molecule is CC(=O)N1CCN(CCNc2ncnc3scc(-c4ccccc4)c23)CC1. The molecule has 7 heteroatoms. The van der Waals surface area contributed by atoms with Gasteiger partial charge in [0.2, 0.25) is 5.91 Å². The number of nitrogens with zero attached hydrogens (tertiary/aromatic N) is 4. The number of piperazine rings is 1. The van der Waals surface area contributed by atoms with Crippen molar-refractivity contribution in [2.75, 3.05) is 44.6 Å². The maximum absolute atomic E-state index is 11.4. The highest BCUT2D eigenvalue weighted by molar-refractivity contribution is 7.17. The fourth-order valence-corrected chi connectivity index (χ4v) is 4.37. The Labute approximate surface area is 162 Å². The van der Waals surface area contributed by atoms with Gasteiger partial charge in [-0.15, -0.1) is 11.3 Å². The number of carbonyl (C=O) groups excluding carboxylic acids is 1. The molecule has 1 fully saturated rings. The summed E-state index contributed by atoms with van der Waals surface area (Å²) in [7, 11) is 0. The van der Waals surface area contributed by atoms with Gasteiger partial charge in [0.25, 0.3) is 0 Å². The second-order valence-corrected chi connectivity index (χ2v) is 7.55. The lowest BCUT2D eigenvalue weighted by atomic mass is 10.1. The van der Waals surface area contributed by atoms with Crippen LogP contribution in [0.5, 0.6) is 0 Å². The quantitative estimate of drug-likeness (QED) is 0.736. The fourth-order valence-electron chi connectivity index (χ4n) is 3.46. The first-order chi connectivity index (χ1) is 13.2. The summed E-state index contributed by atoms with van der Waals surface area (Å²) in [6, 6.07) is 10.4. The molecule has 3 aromatic rings. The van der Waals surface area contributed by atoms with E-state index < -0.39 is 0 Å². The van der Waals surface area contributed by atoms with E-state index in [9.17, 15) is 4.79 Å². The number of hydrogen-bond acceptors (Lipinski definition) is 6. The number of nitrogens with one attached hydrogen (secondary N) is 1. The number of amides is 1. The highest BCUT2D eigenvalue weighted by Crippen LogP contribution is 2.36. The van der Waals surface area contributed by atoms with E-state index in [0.717, 1.165) is 55.3 Å². The molecular formula is C20H23N5OS. The van der Waals surface area contributed by atoms with E-state index >= 15 is 0 Å². The Morgan fingerprint density at radius 3 is 2.67 bits per heavy atom. The molecule has 3 heterocycles. The Kier molecular flexibility index (Phi) is 5.31. The molecule has 0 radical (unpaired) electrons. The van der Waals surface area contributed by atoms with Crippen LogP contribution in [0.15, 0.2) is 42.0 Å². The van der Waals surface area contributed by atoms with Crippen molar-refractivity contribution in [2.24, 2.45) is 0 Å². The maximum atomic E-state index is 11.4. The molecule has 1 saturated heterocycles. The van der Waals surface area contributed by atoms with Crippen molar-refractivity contribution >= 4 is 33.3 Å². The lowest BCUT2D eigenvalue weighted by Gasteiger charge is -2.34. The van der Waals surface area contributed by atoms with Gasteiger partial charge in [0.05, 0.1) is 5.39 Å².